The number of hydrogen-bond acceptors (Lipinski definition) is 6. The summed E-state index contributed by atoms with van der Waals surface area (Å²) in [6.07, 6.45) is 0.531. The first-order chi connectivity index (χ1) is 13.8. The maximum Gasteiger partial charge on any atom is 0.346 e. The van der Waals surface area contributed by atoms with Crippen molar-refractivity contribution in [2.24, 2.45) is 0 Å². The van der Waals surface area contributed by atoms with Crippen molar-refractivity contribution >= 4 is 44.1 Å². The van der Waals surface area contributed by atoms with Crippen molar-refractivity contribution in [3.63, 3.8) is 0 Å². The molecule has 9 heteroatoms. The highest BCUT2D eigenvalue weighted by atomic mass is 32.2. The van der Waals surface area contributed by atoms with E-state index in [2.05, 4.69) is 9.71 Å². The number of nitrogens with one attached hydrogen (secondary N) is 1. The van der Waals surface area contributed by atoms with Crippen LogP contribution in [-0.2, 0) is 16.4 Å². The number of fused-ring (bicyclic) bond motifs is 1. The van der Waals surface area contributed by atoms with Gasteiger partial charge in [0.15, 0.2) is 11.5 Å². The van der Waals surface area contributed by atoms with Gasteiger partial charge in [-0.15, -0.1) is 11.3 Å². The van der Waals surface area contributed by atoms with Gasteiger partial charge in [0.25, 0.3) is 10.0 Å². The minimum atomic E-state index is -3.92. The molecule has 0 aliphatic carbocycles. The Hall–Kier alpha value is -3.17. The lowest BCUT2D eigenvalue weighted by atomic mass is 10.1. The molecule has 0 amide bonds. The molecule has 0 aliphatic heterocycles. The van der Waals surface area contributed by atoms with E-state index in [0.717, 1.165) is 5.56 Å². The topological polar surface area (TPSA) is 110 Å². The molecule has 0 spiro atoms. The molecule has 0 saturated heterocycles. The second-order valence-corrected chi connectivity index (χ2v) is 9.40. The Morgan fingerprint density at radius 2 is 1.93 bits per heavy atom. The monoisotopic (exact) mass is 428 g/mol. The Kier molecular flexibility index (Phi) is 4.85. The third-order valence-electron chi connectivity index (χ3n) is 4.24. The Balaban J connectivity index is 1.59. The lowest BCUT2D eigenvalue weighted by molar-refractivity contribution is 0.0701. The van der Waals surface area contributed by atoms with Crippen LogP contribution in [0, 0.1) is 6.92 Å². The standard InChI is InChI=1S/C20H16N2O5S2/c1-12-9-18(28-19(12)20(23)24)29(25,26)22-14-7-8-15-16(11-14)27-17(21-15)10-13-5-3-2-4-6-13/h2-9,11,22H,10H2,1H3,(H,23,24). The minimum Gasteiger partial charge on any atom is -0.477 e. The van der Waals surface area contributed by atoms with Gasteiger partial charge in [-0.3, -0.25) is 4.72 Å². The number of nitrogens with zero attached hydrogens (tertiary/aromatic N) is 1. The largest absolute Gasteiger partial charge is 0.477 e. The van der Waals surface area contributed by atoms with E-state index in [9.17, 15) is 13.2 Å². The smallest absolute Gasteiger partial charge is 0.346 e. The average molecular weight is 428 g/mol. The molecular formula is C20H16N2O5S2. The lowest BCUT2D eigenvalue weighted by Gasteiger charge is -2.05. The number of aromatic nitrogens is 1. The number of carbonyl (C=O) groups is 1. The molecule has 0 unspecified atom stereocenters. The number of hydrogen-bond donors (Lipinski definition) is 2. The van der Waals surface area contributed by atoms with Crippen molar-refractivity contribution < 1.29 is 22.7 Å². The highest BCUT2D eigenvalue weighted by molar-refractivity contribution is 7.94. The maximum atomic E-state index is 12.6. The van der Waals surface area contributed by atoms with Crippen LogP contribution in [0.3, 0.4) is 0 Å². The summed E-state index contributed by atoms with van der Waals surface area (Å²) in [6.45, 7) is 1.56. The number of thiophene rings is 1. The summed E-state index contributed by atoms with van der Waals surface area (Å²) in [4.78, 5) is 15.6. The first-order valence-electron chi connectivity index (χ1n) is 8.62. The third-order valence-corrected chi connectivity index (χ3v) is 7.32. The van der Waals surface area contributed by atoms with Gasteiger partial charge in [0.2, 0.25) is 0 Å². The van der Waals surface area contributed by atoms with Crippen LogP contribution in [0.4, 0.5) is 5.69 Å². The fourth-order valence-electron chi connectivity index (χ4n) is 2.88. The van der Waals surface area contributed by atoms with Gasteiger partial charge in [0, 0.05) is 12.5 Å². The van der Waals surface area contributed by atoms with Crippen LogP contribution in [0.25, 0.3) is 11.1 Å². The van der Waals surface area contributed by atoms with Gasteiger partial charge < -0.3 is 9.52 Å². The fourth-order valence-corrected chi connectivity index (χ4v) is 5.31. The van der Waals surface area contributed by atoms with Gasteiger partial charge >= 0.3 is 5.97 Å². The van der Waals surface area contributed by atoms with E-state index >= 15 is 0 Å². The van der Waals surface area contributed by atoms with E-state index in [1.54, 1.807) is 25.1 Å². The normalized spacial score (nSPS) is 11.6. The van der Waals surface area contributed by atoms with Gasteiger partial charge in [0.1, 0.15) is 14.6 Å². The van der Waals surface area contributed by atoms with E-state index in [1.165, 1.54) is 6.07 Å². The summed E-state index contributed by atoms with van der Waals surface area (Å²) in [5.41, 5.74) is 2.85. The molecule has 0 atom stereocenters. The molecule has 2 heterocycles. The predicted molar refractivity (Wildman–Crippen MR) is 110 cm³/mol. The molecule has 0 radical (unpaired) electrons. The molecule has 2 aromatic heterocycles. The second kappa shape index (κ2) is 7.34. The van der Waals surface area contributed by atoms with Crippen molar-refractivity contribution in [2.75, 3.05) is 4.72 Å². The minimum absolute atomic E-state index is 0.00150. The highest BCUT2D eigenvalue weighted by Gasteiger charge is 2.22. The number of aromatic carboxylic acids is 1. The number of rotatable bonds is 6. The van der Waals surface area contributed by atoms with Crippen LogP contribution in [0.1, 0.15) is 26.7 Å². The first kappa shape index (κ1) is 19.2. The van der Waals surface area contributed by atoms with Gasteiger partial charge in [-0.1, -0.05) is 30.3 Å². The SMILES string of the molecule is Cc1cc(S(=O)(=O)Nc2ccc3nc(Cc4ccccc4)oc3c2)sc1C(=O)O. The summed E-state index contributed by atoms with van der Waals surface area (Å²) in [5.74, 6) is -0.617. The van der Waals surface area contributed by atoms with Gasteiger partial charge in [0.05, 0.1) is 5.69 Å². The number of benzene rings is 2. The molecular weight excluding hydrogens is 412 g/mol. The predicted octanol–water partition coefficient (Wildman–Crippen LogP) is 4.29. The molecule has 4 rings (SSSR count). The van der Waals surface area contributed by atoms with Crippen molar-refractivity contribution in [3.05, 3.63) is 76.5 Å². The molecule has 0 fully saturated rings. The number of anilines is 1. The summed E-state index contributed by atoms with van der Waals surface area (Å²) >= 11 is 0.717. The average Bonchev–Trinajstić information content (AvgIpc) is 3.25. The maximum absolute atomic E-state index is 12.6. The molecule has 2 aromatic carbocycles. The first-order valence-corrected chi connectivity index (χ1v) is 10.9. The molecule has 2 N–H and O–H groups in total. The van der Waals surface area contributed by atoms with E-state index in [0.29, 0.717) is 46.0 Å². The van der Waals surface area contributed by atoms with Crippen LogP contribution in [-0.4, -0.2) is 24.5 Å². The molecule has 0 saturated carbocycles. The number of oxazole rings is 1. The lowest BCUT2D eigenvalue weighted by Crippen LogP contribution is -2.11. The van der Waals surface area contributed by atoms with Gasteiger partial charge in [-0.25, -0.2) is 18.2 Å². The Morgan fingerprint density at radius 1 is 1.17 bits per heavy atom. The Bertz CT molecular complexity index is 1310. The van der Waals surface area contributed by atoms with Gasteiger partial charge in [-0.2, -0.15) is 0 Å². The van der Waals surface area contributed by atoms with Crippen molar-refractivity contribution in [2.45, 2.75) is 17.6 Å². The molecule has 0 bridgehead atoms. The van der Waals surface area contributed by atoms with Crippen LogP contribution in [0.15, 0.2) is 63.2 Å². The molecule has 148 valence electrons. The zero-order valence-corrected chi connectivity index (χ0v) is 16.9. The molecule has 29 heavy (non-hydrogen) atoms. The van der Waals surface area contributed by atoms with Crippen LogP contribution < -0.4 is 4.72 Å². The summed E-state index contributed by atoms with van der Waals surface area (Å²) in [7, 11) is -3.92. The van der Waals surface area contributed by atoms with E-state index in [4.69, 9.17) is 9.52 Å². The molecule has 0 aliphatic rings. The van der Waals surface area contributed by atoms with Crippen molar-refractivity contribution in [3.8, 4) is 0 Å². The number of aryl methyl sites for hydroxylation is 1. The number of sulfonamides is 1. The third kappa shape index (κ3) is 4.01. The summed E-state index contributed by atoms with van der Waals surface area (Å²) in [6, 6.07) is 15.9. The van der Waals surface area contributed by atoms with Crippen molar-refractivity contribution in [1.29, 1.82) is 0 Å². The molecule has 4 aromatic rings. The quantitative estimate of drug-likeness (QED) is 0.474. The number of carboxylic acids is 1. The fraction of sp³-hybridized carbons (Fsp3) is 0.100. The number of carboxylic acid groups (broad SMARTS) is 1. The summed E-state index contributed by atoms with van der Waals surface area (Å²) < 4.78 is 33.4. The zero-order valence-electron chi connectivity index (χ0n) is 15.2. The van der Waals surface area contributed by atoms with Crippen LogP contribution >= 0.6 is 11.3 Å². The molecule has 7 nitrogen and oxygen atoms in total. The van der Waals surface area contributed by atoms with E-state index in [1.807, 2.05) is 30.3 Å². The summed E-state index contributed by atoms with van der Waals surface area (Å²) in [5, 5.41) is 9.14. The second-order valence-electron chi connectivity index (χ2n) is 6.44. The van der Waals surface area contributed by atoms with E-state index in [-0.39, 0.29) is 9.09 Å². The van der Waals surface area contributed by atoms with Crippen LogP contribution in [0.2, 0.25) is 0 Å². The highest BCUT2D eigenvalue weighted by Crippen LogP contribution is 2.29. The van der Waals surface area contributed by atoms with Gasteiger partial charge in [-0.05, 0) is 36.2 Å². The van der Waals surface area contributed by atoms with Crippen LogP contribution in [0.5, 0.6) is 0 Å². The Morgan fingerprint density at radius 3 is 2.62 bits per heavy atom. The van der Waals surface area contributed by atoms with Crippen molar-refractivity contribution in [1.82, 2.24) is 4.98 Å². The van der Waals surface area contributed by atoms with E-state index < -0.39 is 16.0 Å². The Labute approximate surface area is 170 Å². The zero-order chi connectivity index (χ0) is 20.6.